The summed E-state index contributed by atoms with van der Waals surface area (Å²) in [6, 6.07) is 14.0. The van der Waals surface area contributed by atoms with Gasteiger partial charge in [-0.3, -0.25) is 9.69 Å². The Morgan fingerprint density at radius 3 is 2.80 bits per heavy atom. The summed E-state index contributed by atoms with van der Waals surface area (Å²) in [5.41, 5.74) is 6.73. The quantitative estimate of drug-likeness (QED) is 0.512. The zero-order valence-electron chi connectivity index (χ0n) is 17.2. The number of nitrogens with zero attached hydrogens (tertiary/aromatic N) is 3. The van der Waals surface area contributed by atoms with Crippen molar-refractivity contribution in [3.8, 4) is 11.4 Å². The van der Waals surface area contributed by atoms with Crippen molar-refractivity contribution in [1.29, 1.82) is 0 Å². The standard InChI is InChI=1S/C25H23N3O2/c1-16-10-17(2)23-22(11-16)30-15-20(24(23)29)14-28-9-8-21-19(13-28)12-26-25(27-21)18-6-4-3-5-7-18/h3-7,10-12,15H,8-9,13-14H2,1-2H3. The number of hydrogen-bond acceptors (Lipinski definition) is 5. The fraction of sp³-hybridized carbons (Fsp3) is 0.240. The van der Waals surface area contributed by atoms with Crippen molar-refractivity contribution in [3.63, 3.8) is 0 Å². The number of fused-ring (bicyclic) bond motifs is 2. The van der Waals surface area contributed by atoms with Gasteiger partial charge in [-0.05, 0) is 31.0 Å². The molecule has 0 saturated heterocycles. The van der Waals surface area contributed by atoms with Gasteiger partial charge in [0.05, 0.1) is 17.3 Å². The van der Waals surface area contributed by atoms with Crippen LogP contribution in [0.2, 0.25) is 0 Å². The van der Waals surface area contributed by atoms with Crippen molar-refractivity contribution >= 4 is 11.0 Å². The van der Waals surface area contributed by atoms with Gasteiger partial charge in [0, 0.05) is 48.9 Å². The van der Waals surface area contributed by atoms with Crippen LogP contribution in [0.4, 0.5) is 0 Å². The molecule has 0 radical (unpaired) electrons. The van der Waals surface area contributed by atoms with Gasteiger partial charge in [-0.2, -0.15) is 0 Å². The fourth-order valence-corrected chi connectivity index (χ4v) is 4.25. The molecule has 0 atom stereocenters. The predicted octanol–water partition coefficient (Wildman–Crippen LogP) is 4.43. The Hall–Kier alpha value is -3.31. The first-order valence-electron chi connectivity index (χ1n) is 10.2. The second-order valence-corrected chi connectivity index (χ2v) is 8.04. The lowest BCUT2D eigenvalue weighted by atomic mass is 10.0. The summed E-state index contributed by atoms with van der Waals surface area (Å²) >= 11 is 0. The van der Waals surface area contributed by atoms with Gasteiger partial charge in [-0.25, -0.2) is 9.97 Å². The summed E-state index contributed by atoms with van der Waals surface area (Å²) in [4.78, 5) is 24.7. The van der Waals surface area contributed by atoms with E-state index in [4.69, 9.17) is 9.40 Å². The minimum Gasteiger partial charge on any atom is -0.464 e. The van der Waals surface area contributed by atoms with Crippen LogP contribution in [-0.2, 0) is 19.5 Å². The highest BCUT2D eigenvalue weighted by Crippen LogP contribution is 2.23. The van der Waals surface area contributed by atoms with E-state index < -0.39 is 0 Å². The molecule has 0 saturated carbocycles. The van der Waals surface area contributed by atoms with E-state index in [2.05, 4.69) is 9.88 Å². The molecule has 0 N–H and O–H groups in total. The van der Waals surface area contributed by atoms with Gasteiger partial charge in [0.1, 0.15) is 5.58 Å². The van der Waals surface area contributed by atoms with Crippen LogP contribution >= 0.6 is 0 Å². The second kappa shape index (κ2) is 7.50. The van der Waals surface area contributed by atoms with Crippen LogP contribution in [-0.4, -0.2) is 21.4 Å². The molecule has 5 nitrogen and oxygen atoms in total. The molecular formula is C25H23N3O2. The monoisotopic (exact) mass is 397 g/mol. The van der Waals surface area contributed by atoms with E-state index in [1.54, 1.807) is 6.26 Å². The van der Waals surface area contributed by atoms with Crippen LogP contribution < -0.4 is 5.43 Å². The molecule has 0 amide bonds. The first-order valence-corrected chi connectivity index (χ1v) is 10.2. The first-order chi connectivity index (χ1) is 14.6. The Morgan fingerprint density at radius 2 is 1.97 bits per heavy atom. The van der Waals surface area contributed by atoms with Crippen molar-refractivity contribution < 1.29 is 4.42 Å². The second-order valence-electron chi connectivity index (χ2n) is 8.04. The molecule has 0 bridgehead atoms. The van der Waals surface area contributed by atoms with Crippen LogP contribution in [0.1, 0.15) is 27.9 Å². The number of rotatable bonds is 3. The molecule has 5 rings (SSSR count). The van der Waals surface area contributed by atoms with Gasteiger partial charge >= 0.3 is 0 Å². The third-order valence-corrected chi connectivity index (χ3v) is 5.73. The topological polar surface area (TPSA) is 59.2 Å². The highest BCUT2D eigenvalue weighted by Gasteiger charge is 2.21. The molecule has 0 aliphatic carbocycles. The SMILES string of the molecule is Cc1cc(C)c2c(=O)c(CN3CCc4nc(-c5ccccc5)ncc4C3)coc2c1. The van der Waals surface area contributed by atoms with Crippen LogP contribution in [0.15, 0.2) is 64.1 Å². The van der Waals surface area contributed by atoms with E-state index in [9.17, 15) is 4.79 Å². The van der Waals surface area contributed by atoms with Gasteiger partial charge in [0.15, 0.2) is 11.3 Å². The molecule has 1 aliphatic rings. The van der Waals surface area contributed by atoms with Crippen LogP contribution in [0.5, 0.6) is 0 Å². The van der Waals surface area contributed by atoms with E-state index in [-0.39, 0.29) is 5.43 Å². The maximum Gasteiger partial charge on any atom is 0.197 e. The zero-order valence-corrected chi connectivity index (χ0v) is 17.2. The lowest BCUT2D eigenvalue weighted by Crippen LogP contribution is -2.32. The highest BCUT2D eigenvalue weighted by molar-refractivity contribution is 5.81. The third kappa shape index (κ3) is 3.42. The first kappa shape index (κ1) is 18.7. The fourth-order valence-electron chi connectivity index (χ4n) is 4.25. The minimum absolute atomic E-state index is 0.0650. The molecule has 0 unspecified atom stereocenters. The molecule has 2 aromatic heterocycles. The maximum atomic E-state index is 13.1. The molecule has 2 aromatic carbocycles. The molecule has 3 heterocycles. The van der Waals surface area contributed by atoms with Crippen LogP contribution in [0, 0.1) is 13.8 Å². The van der Waals surface area contributed by atoms with E-state index in [0.29, 0.717) is 23.1 Å². The Labute approximate surface area is 175 Å². The summed E-state index contributed by atoms with van der Waals surface area (Å²) in [5, 5.41) is 0.686. The number of aromatic nitrogens is 2. The number of hydrogen-bond donors (Lipinski definition) is 0. The molecule has 1 aliphatic heterocycles. The minimum atomic E-state index is 0.0650. The van der Waals surface area contributed by atoms with Gasteiger partial charge in [0.2, 0.25) is 0 Å². The smallest absolute Gasteiger partial charge is 0.197 e. The summed E-state index contributed by atoms with van der Waals surface area (Å²) < 4.78 is 5.81. The Kier molecular flexibility index (Phi) is 4.68. The average Bonchev–Trinajstić information content (AvgIpc) is 2.75. The van der Waals surface area contributed by atoms with Gasteiger partial charge in [-0.15, -0.1) is 0 Å². The Bertz CT molecular complexity index is 1300. The number of aryl methyl sites for hydroxylation is 2. The molecule has 0 fully saturated rings. The summed E-state index contributed by atoms with van der Waals surface area (Å²) in [6.07, 6.45) is 4.38. The van der Waals surface area contributed by atoms with Crippen molar-refractivity contribution in [2.24, 2.45) is 0 Å². The predicted molar refractivity (Wildman–Crippen MR) is 117 cm³/mol. The zero-order chi connectivity index (χ0) is 20.7. The summed E-state index contributed by atoms with van der Waals surface area (Å²) in [6.45, 7) is 6.12. The van der Waals surface area contributed by atoms with Gasteiger partial charge in [-0.1, -0.05) is 36.4 Å². The largest absolute Gasteiger partial charge is 0.464 e. The molecule has 30 heavy (non-hydrogen) atoms. The van der Waals surface area contributed by atoms with Crippen molar-refractivity contribution in [1.82, 2.24) is 14.9 Å². The highest BCUT2D eigenvalue weighted by atomic mass is 16.3. The summed E-state index contributed by atoms with van der Waals surface area (Å²) in [7, 11) is 0. The molecular weight excluding hydrogens is 374 g/mol. The van der Waals surface area contributed by atoms with E-state index >= 15 is 0 Å². The summed E-state index contributed by atoms with van der Waals surface area (Å²) in [5.74, 6) is 0.767. The lowest BCUT2D eigenvalue weighted by Gasteiger charge is -2.27. The lowest BCUT2D eigenvalue weighted by molar-refractivity contribution is 0.240. The van der Waals surface area contributed by atoms with Crippen molar-refractivity contribution in [2.45, 2.75) is 33.4 Å². The average molecular weight is 397 g/mol. The number of benzene rings is 2. The maximum absolute atomic E-state index is 13.1. The third-order valence-electron chi connectivity index (χ3n) is 5.73. The van der Waals surface area contributed by atoms with E-state index in [1.807, 2.05) is 62.5 Å². The Morgan fingerprint density at radius 1 is 1.13 bits per heavy atom. The van der Waals surface area contributed by atoms with Gasteiger partial charge < -0.3 is 4.42 Å². The molecule has 0 spiro atoms. The normalized spacial score (nSPS) is 14.1. The molecule has 150 valence electrons. The Balaban J connectivity index is 1.39. The molecule has 4 aromatic rings. The molecule has 5 heteroatoms. The van der Waals surface area contributed by atoms with Crippen LogP contribution in [0.3, 0.4) is 0 Å². The van der Waals surface area contributed by atoms with E-state index in [0.717, 1.165) is 53.3 Å². The van der Waals surface area contributed by atoms with Crippen molar-refractivity contribution in [2.75, 3.05) is 6.54 Å². The van der Waals surface area contributed by atoms with Crippen molar-refractivity contribution in [3.05, 3.63) is 93.1 Å². The van der Waals surface area contributed by atoms with Crippen LogP contribution in [0.25, 0.3) is 22.4 Å². The van der Waals surface area contributed by atoms with E-state index in [1.165, 1.54) is 0 Å². The van der Waals surface area contributed by atoms with Gasteiger partial charge in [0.25, 0.3) is 0 Å².